The first-order valence-electron chi connectivity index (χ1n) is 6.57. The molecule has 0 bridgehead atoms. The molecule has 1 fully saturated rings. The lowest BCUT2D eigenvalue weighted by atomic mass is 10.1. The van der Waals surface area contributed by atoms with Crippen LogP contribution in [0.4, 0.5) is 13.2 Å². The lowest BCUT2D eigenvalue weighted by molar-refractivity contribution is -0.121. The van der Waals surface area contributed by atoms with Gasteiger partial charge in [0.05, 0.1) is 4.90 Å². The smallest absolute Gasteiger partial charge is 0.310 e. The molecule has 21 heavy (non-hydrogen) atoms. The first kappa shape index (κ1) is 16.3. The number of hydrogen-bond donors (Lipinski definition) is 2. The van der Waals surface area contributed by atoms with E-state index >= 15 is 0 Å². The molecule has 8 heteroatoms. The van der Waals surface area contributed by atoms with E-state index in [0.717, 1.165) is 18.4 Å². The fourth-order valence-electron chi connectivity index (χ4n) is 1.94. The molecular formula is C13H17F3N2O2S. The molecule has 0 radical (unpaired) electrons. The van der Waals surface area contributed by atoms with Crippen molar-refractivity contribution in [1.29, 1.82) is 0 Å². The minimum Gasteiger partial charge on any atom is -0.310 e. The summed E-state index contributed by atoms with van der Waals surface area (Å²) in [6.07, 6.45) is -2.37. The van der Waals surface area contributed by atoms with Gasteiger partial charge < -0.3 is 5.32 Å². The molecule has 2 rings (SSSR count). The zero-order valence-corrected chi connectivity index (χ0v) is 12.3. The van der Waals surface area contributed by atoms with E-state index in [1.165, 1.54) is 6.07 Å². The topological polar surface area (TPSA) is 58.2 Å². The molecule has 0 heterocycles. The van der Waals surface area contributed by atoms with Crippen LogP contribution in [0.1, 0.15) is 24.0 Å². The van der Waals surface area contributed by atoms with E-state index < -0.39 is 22.7 Å². The van der Waals surface area contributed by atoms with Crippen LogP contribution in [0.25, 0.3) is 0 Å². The Morgan fingerprint density at radius 3 is 2.52 bits per heavy atom. The van der Waals surface area contributed by atoms with Crippen molar-refractivity contribution in [3.8, 4) is 0 Å². The summed E-state index contributed by atoms with van der Waals surface area (Å²) < 4.78 is 62.0. The Hall–Kier alpha value is -1.12. The Balaban J connectivity index is 2.15. The minimum atomic E-state index is -4.58. The van der Waals surface area contributed by atoms with Crippen LogP contribution < -0.4 is 10.0 Å². The van der Waals surface area contributed by atoms with Crippen LogP contribution in [0.5, 0.6) is 0 Å². The molecule has 0 saturated heterocycles. The van der Waals surface area contributed by atoms with Crippen LogP contribution in [-0.4, -0.2) is 27.2 Å². The third kappa shape index (κ3) is 4.69. The van der Waals surface area contributed by atoms with Crippen molar-refractivity contribution in [3.05, 3.63) is 29.3 Å². The summed E-state index contributed by atoms with van der Waals surface area (Å²) in [7, 11) is -4.17. The van der Waals surface area contributed by atoms with Gasteiger partial charge in [0.15, 0.2) is 0 Å². The molecule has 0 aliphatic heterocycles. The van der Waals surface area contributed by atoms with Crippen LogP contribution in [0.2, 0.25) is 0 Å². The van der Waals surface area contributed by atoms with Crippen molar-refractivity contribution in [1.82, 2.24) is 10.0 Å². The van der Waals surface area contributed by atoms with Gasteiger partial charge in [-0.05, 0) is 37.0 Å². The molecule has 0 aromatic heterocycles. The molecule has 0 unspecified atom stereocenters. The predicted molar refractivity (Wildman–Crippen MR) is 72.3 cm³/mol. The number of halogens is 3. The highest BCUT2D eigenvalue weighted by Crippen LogP contribution is 2.23. The van der Waals surface area contributed by atoms with Gasteiger partial charge in [0.2, 0.25) is 10.0 Å². The van der Waals surface area contributed by atoms with Gasteiger partial charge in [0.25, 0.3) is 0 Å². The lowest BCUT2D eigenvalue weighted by Crippen LogP contribution is -2.34. The second-order valence-electron chi connectivity index (χ2n) is 5.14. The van der Waals surface area contributed by atoms with Crippen LogP contribution in [-0.2, 0) is 16.6 Å². The molecule has 1 aliphatic carbocycles. The van der Waals surface area contributed by atoms with Crippen molar-refractivity contribution < 1.29 is 21.6 Å². The van der Waals surface area contributed by atoms with E-state index in [9.17, 15) is 21.6 Å². The minimum absolute atomic E-state index is 0.109. The van der Waals surface area contributed by atoms with Crippen molar-refractivity contribution in [2.75, 3.05) is 6.54 Å². The molecule has 2 N–H and O–H groups in total. The largest absolute Gasteiger partial charge is 0.402 e. The van der Waals surface area contributed by atoms with E-state index in [-0.39, 0.29) is 4.90 Å². The van der Waals surface area contributed by atoms with Crippen LogP contribution in [0, 0.1) is 6.92 Å². The number of sulfonamides is 1. The van der Waals surface area contributed by atoms with Gasteiger partial charge in [-0.25, -0.2) is 13.1 Å². The molecule has 1 aliphatic rings. The fraction of sp³-hybridized carbons (Fsp3) is 0.538. The Morgan fingerprint density at radius 1 is 1.29 bits per heavy atom. The second kappa shape index (κ2) is 5.94. The molecule has 1 aromatic carbocycles. The van der Waals surface area contributed by atoms with Crippen LogP contribution in [0.3, 0.4) is 0 Å². The molecule has 0 spiro atoms. The summed E-state index contributed by atoms with van der Waals surface area (Å²) >= 11 is 0. The van der Waals surface area contributed by atoms with Gasteiger partial charge in [0.1, 0.15) is 6.54 Å². The number of benzene rings is 1. The second-order valence-corrected chi connectivity index (χ2v) is 6.87. The molecule has 0 atom stereocenters. The summed E-state index contributed by atoms with van der Waals surface area (Å²) in [4.78, 5) is -0.109. The first-order chi connectivity index (χ1) is 9.69. The van der Waals surface area contributed by atoms with E-state index in [2.05, 4.69) is 5.32 Å². The molecule has 4 nitrogen and oxygen atoms in total. The number of rotatable bonds is 6. The lowest BCUT2D eigenvalue weighted by Gasteiger charge is -2.14. The van der Waals surface area contributed by atoms with Gasteiger partial charge >= 0.3 is 6.18 Å². The quantitative estimate of drug-likeness (QED) is 0.843. The highest BCUT2D eigenvalue weighted by Gasteiger charge is 2.30. The number of nitrogens with one attached hydrogen (secondary N) is 2. The van der Waals surface area contributed by atoms with E-state index in [1.54, 1.807) is 23.8 Å². The van der Waals surface area contributed by atoms with Crippen molar-refractivity contribution >= 4 is 10.0 Å². The normalized spacial score (nSPS) is 16.2. The van der Waals surface area contributed by atoms with Crippen molar-refractivity contribution in [3.63, 3.8) is 0 Å². The summed E-state index contributed by atoms with van der Waals surface area (Å²) in [5, 5.41) is 3.25. The Morgan fingerprint density at radius 2 is 1.95 bits per heavy atom. The number of hydrogen-bond acceptors (Lipinski definition) is 3. The van der Waals surface area contributed by atoms with Gasteiger partial charge in [-0.2, -0.15) is 13.2 Å². The van der Waals surface area contributed by atoms with Crippen LogP contribution >= 0.6 is 0 Å². The average molecular weight is 322 g/mol. The maximum Gasteiger partial charge on any atom is 0.402 e. The maximum atomic E-state index is 12.2. The summed E-state index contributed by atoms with van der Waals surface area (Å²) in [6.45, 7) is 0.546. The monoisotopic (exact) mass is 322 g/mol. The maximum absolute atomic E-state index is 12.2. The average Bonchev–Trinajstić information content (AvgIpc) is 3.18. The molecule has 0 amide bonds. The Kier molecular flexibility index (Phi) is 4.60. The van der Waals surface area contributed by atoms with Crippen molar-refractivity contribution in [2.45, 2.75) is 43.4 Å². The van der Waals surface area contributed by atoms with Gasteiger partial charge in [-0.15, -0.1) is 0 Å². The Labute approximate surface area is 121 Å². The first-order valence-corrected chi connectivity index (χ1v) is 8.06. The zero-order valence-electron chi connectivity index (χ0n) is 11.5. The van der Waals surface area contributed by atoms with Crippen LogP contribution in [0.15, 0.2) is 23.1 Å². The van der Waals surface area contributed by atoms with Crippen molar-refractivity contribution in [2.24, 2.45) is 0 Å². The molecule has 1 aromatic rings. The standard InChI is InChI=1S/C13H17F3N2O2S/c1-9-10(7-17-11-5-6-11)3-2-4-12(9)21(19,20)18-8-13(14,15)16/h2-4,11,17-18H,5-8H2,1H3. The SMILES string of the molecule is Cc1c(CNC2CC2)cccc1S(=O)(=O)NCC(F)(F)F. The van der Waals surface area contributed by atoms with Gasteiger partial charge in [-0.1, -0.05) is 12.1 Å². The Bertz CT molecular complexity index is 610. The van der Waals surface area contributed by atoms with E-state index in [4.69, 9.17) is 0 Å². The highest BCUT2D eigenvalue weighted by atomic mass is 32.2. The fourth-order valence-corrected chi connectivity index (χ4v) is 3.24. The van der Waals surface area contributed by atoms with E-state index in [0.29, 0.717) is 18.2 Å². The molecule has 1 saturated carbocycles. The van der Waals surface area contributed by atoms with Gasteiger partial charge in [0, 0.05) is 12.6 Å². The summed E-state index contributed by atoms with van der Waals surface area (Å²) in [5.41, 5.74) is 1.25. The third-order valence-electron chi connectivity index (χ3n) is 3.31. The predicted octanol–water partition coefficient (Wildman–Crippen LogP) is 2.09. The summed E-state index contributed by atoms with van der Waals surface area (Å²) in [6, 6.07) is 5.09. The number of alkyl halides is 3. The third-order valence-corrected chi connectivity index (χ3v) is 4.85. The summed E-state index contributed by atoms with van der Waals surface area (Å²) in [5.74, 6) is 0. The molecular weight excluding hydrogens is 305 g/mol. The molecule has 118 valence electrons. The highest BCUT2D eigenvalue weighted by molar-refractivity contribution is 7.89. The van der Waals surface area contributed by atoms with Gasteiger partial charge in [-0.3, -0.25) is 0 Å². The van der Waals surface area contributed by atoms with E-state index in [1.807, 2.05) is 0 Å². The zero-order chi connectivity index (χ0) is 15.7.